The third-order valence-electron chi connectivity index (χ3n) is 2.46. The molecule has 1 aromatic heterocycles. The molecule has 4 nitrogen and oxygen atoms in total. The SMILES string of the molecule is O=C(Nc1nn(Cc2ccc(F)cc2)cc1Cl)C(F)(F)F. The third kappa shape index (κ3) is 3.94. The van der Waals surface area contributed by atoms with Crippen LogP contribution in [0.15, 0.2) is 30.5 Å². The van der Waals surface area contributed by atoms with Crippen molar-refractivity contribution >= 4 is 23.3 Å². The van der Waals surface area contributed by atoms with Gasteiger partial charge in [0, 0.05) is 6.20 Å². The highest BCUT2D eigenvalue weighted by molar-refractivity contribution is 6.33. The molecule has 0 unspecified atom stereocenters. The van der Waals surface area contributed by atoms with Gasteiger partial charge in [0.05, 0.1) is 6.54 Å². The molecule has 0 aliphatic carbocycles. The van der Waals surface area contributed by atoms with Crippen LogP contribution < -0.4 is 5.32 Å². The number of alkyl halides is 3. The molecule has 2 rings (SSSR count). The van der Waals surface area contributed by atoms with E-state index < -0.39 is 17.9 Å². The first-order valence-corrected chi connectivity index (χ1v) is 5.99. The van der Waals surface area contributed by atoms with Crippen molar-refractivity contribution in [3.8, 4) is 0 Å². The molecule has 0 aliphatic rings. The van der Waals surface area contributed by atoms with E-state index in [2.05, 4.69) is 5.10 Å². The Labute approximate surface area is 121 Å². The lowest BCUT2D eigenvalue weighted by atomic mass is 10.2. The van der Waals surface area contributed by atoms with Crippen LogP contribution in [0, 0.1) is 5.82 Å². The maximum absolute atomic E-state index is 12.8. The summed E-state index contributed by atoms with van der Waals surface area (Å²) in [6, 6.07) is 5.48. The van der Waals surface area contributed by atoms with Crippen LogP contribution in [0.3, 0.4) is 0 Å². The van der Waals surface area contributed by atoms with Crippen LogP contribution in [0.4, 0.5) is 23.4 Å². The Bertz CT molecular complexity index is 652. The zero-order valence-electron chi connectivity index (χ0n) is 10.3. The minimum atomic E-state index is -5.02. The fourth-order valence-electron chi connectivity index (χ4n) is 1.52. The molecule has 0 saturated carbocycles. The van der Waals surface area contributed by atoms with E-state index in [-0.39, 0.29) is 17.4 Å². The van der Waals surface area contributed by atoms with Crippen molar-refractivity contribution in [3.63, 3.8) is 0 Å². The summed E-state index contributed by atoms with van der Waals surface area (Å²) in [6.45, 7) is 0.169. The Balaban J connectivity index is 2.12. The predicted octanol–water partition coefficient (Wildman–Crippen LogP) is 3.22. The van der Waals surface area contributed by atoms with Gasteiger partial charge < -0.3 is 5.32 Å². The number of carbonyl (C=O) groups excluding carboxylic acids is 1. The van der Waals surface area contributed by atoms with Crippen LogP contribution in [0.25, 0.3) is 0 Å². The van der Waals surface area contributed by atoms with Gasteiger partial charge in [-0.15, -0.1) is 0 Å². The normalized spacial score (nSPS) is 11.5. The summed E-state index contributed by atoms with van der Waals surface area (Å²) in [7, 11) is 0. The van der Waals surface area contributed by atoms with E-state index >= 15 is 0 Å². The van der Waals surface area contributed by atoms with Crippen LogP contribution in [0.5, 0.6) is 0 Å². The van der Waals surface area contributed by atoms with Gasteiger partial charge in [-0.25, -0.2) is 4.39 Å². The van der Waals surface area contributed by atoms with E-state index in [1.165, 1.54) is 35.1 Å². The van der Waals surface area contributed by atoms with E-state index in [1.54, 1.807) is 5.32 Å². The summed E-state index contributed by atoms with van der Waals surface area (Å²) in [5, 5.41) is 5.19. The van der Waals surface area contributed by atoms with Gasteiger partial charge in [-0.2, -0.15) is 18.3 Å². The quantitative estimate of drug-likeness (QED) is 0.882. The molecule has 0 saturated heterocycles. The van der Waals surface area contributed by atoms with Gasteiger partial charge in [0.1, 0.15) is 10.8 Å². The molecule has 0 aliphatic heterocycles. The van der Waals surface area contributed by atoms with Crippen LogP contribution in [0.1, 0.15) is 5.56 Å². The molecule has 1 N–H and O–H groups in total. The predicted molar refractivity (Wildman–Crippen MR) is 67.4 cm³/mol. The van der Waals surface area contributed by atoms with Crippen molar-refractivity contribution in [2.45, 2.75) is 12.7 Å². The van der Waals surface area contributed by atoms with Gasteiger partial charge in [-0.1, -0.05) is 23.7 Å². The summed E-state index contributed by atoms with van der Waals surface area (Å²) in [5.74, 6) is -2.95. The smallest absolute Gasteiger partial charge is 0.300 e. The van der Waals surface area contributed by atoms with Crippen LogP contribution in [-0.2, 0) is 11.3 Å². The molecule has 112 valence electrons. The summed E-state index contributed by atoms with van der Waals surface area (Å²) in [5.41, 5.74) is 0.671. The molecular weight excluding hydrogens is 314 g/mol. The van der Waals surface area contributed by atoms with Gasteiger partial charge >= 0.3 is 12.1 Å². The van der Waals surface area contributed by atoms with E-state index in [4.69, 9.17) is 11.6 Å². The van der Waals surface area contributed by atoms with E-state index in [0.29, 0.717) is 5.56 Å². The number of aromatic nitrogens is 2. The average Bonchev–Trinajstić information content (AvgIpc) is 2.71. The Hall–Kier alpha value is -2.09. The molecule has 0 fully saturated rings. The number of rotatable bonds is 3. The molecule has 1 heterocycles. The monoisotopic (exact) mass is 321 g/mol. The number of nitrogens with one attached hydrogen (secondary N) is 1. The van der Waals surface area contributed by atoms with E-state index in [0.717, 1.165) is 0 Å². The second-order valence-corrected chi connectivity index (χ2v) is 4.51. The lowest BCUT2D eigenvalue weighted by molar-refractivity contribution is -0.167. The summed E-state index contributed by atoms with van der Waals surface area (Å²) in [6.07, 6.45) is -3.76. The van der Waals surface area contributed by atoms with Crippen molar-refractivity contribution in [1.82, 2.24) is 9.78 Å². The zero-order valence-corrected chi connectivity index (χ0v) is 11.0. The van der Waals surface area contributed by atoms with Gasteiger partial charge in [-0.3, -0.25) is 9.48 Å². The average molecular weight is 322 g/mol. The molecule has 0 atom stereocenters. The number of hydrogen-bond acceptors (Lipinski definition) is 2. The van der Waals surface area contributed by atoms with Gasteiger partial charge in [-0.05, 0) is 17.7 Å². The molecule has 0 bridgehead atoms. The van der Waals surface area contributed by atoms with Crippen LogP contribution in [0.2, 0.25) is 5.02 Å². The van der Waals surface area contributed by atoms with Crippen LogP contribution >= 0.6 is 11.6 Å². The van der Waals surface area contributed by atoms with E-state index in [1.807, 2.05) is 0 Å². The fourth-order valence-corrected chi connectivity index (χ4v) is 1.72. The highest BCUT2D eigenvalue weighted by Gasteiger charge is 2.39. The number of halogens is 5. The molecule has 2 aromatic rings. The number of hydrogen-bond donors (Lipinski definition) is 1. The van der Waals surface area contributed by atoms with E-state index in [9.17, 15) is 22.4 Å². The Morgan fingerprint density at radius 1 is 1.29 bits per heavy atom. The first-order valence-electron chi connectivity index (χ1n) is 5.61. The summed E-state index contributed by atoms with van der Waals surface area (Å²) < 4.78 is 50.4. The molecular formula is C12H8ClF4N3O. The highest BCUT2D eigenvalue weighted by atomic mass is 35.5. The second kappa shape index (κ2) is 5.72. The molecule has 21 heavy (non-hydrogen) atoms. The number of benzene rings is 1. The lowest BCUT2D eigenvalue weighted by Crippen LogP contribution is -2.30. The molecule has 9 heteroatoms. The number of carbonyl (C=O) groups is 1. The number of nitrogens with zero attached hydrogens (tertiary/aromatic N) is 2. The van der Waals surface area contributed by atoms with Crippen molar-refractivity contribution in [2.75, 3.05) is 5.32 Å². The topological polar surface area (TPSA) is 46.9 Å². The van der Waals surface area contributed by atoms with Gasteiger partial charge in [0.2, 0.25) is 0 Å². The highest BCUT2D eigenvalue weighted by Crippen LogP contribution is 2.23. The van der Waals surface area contributed by atoms with Crippen molar-refractivity contribution < 1.29 is 22.4 Å². The number of amides is 1. The third-order valence-corrected chi connectivity index (χ3v) is 2.74. The number of anilines is 1. The fraction of sp³-hybridized carbons (Fsp3) is 0.167. The molecule has 0 spiro atoms. The minimum Gasteiger partial charge on any atom is -0.300 e. The first kappa shape index (κ1) is 15.3. The largest absolute Gasteiger partial charge is 0.471 e. The first-order chi connectivity index (χ1) is 9.75. The Morgan fingerprint density at radius 3 is 2.48 bits per heavy atom. The second-order valence-electron chi connectivity index (χ2n) is 4.10. The maximum Gasteiger partial charge on any atom is 0.471 e. The molecule has 1 aromatic carbocycles. The minimum absolute atomic E-state index is 0.130. The van der Waals surface area contributed by atoms with Crippen LogP contribution in [-0.4, -0.2) is 21.9 Å². The van der Waals surface area contributed by atoms with Gasteiger partial charge in [0.25, 0.3) is 0 Å². The zero-order chi connectivity index (χ0) is 15.6. The van der Waals surface area contributed by atoms with Crippen molar-refractivity contribution in [1.29, 1.82) is 0 Å². The Morgan fingerprint density at radius 2 is 1.90 bits per heavy atom. The standard InChI is InChI=1S/C12H8ClF4N3O/c13-9-6-20(5-7-1-3-8(14)4-2-7)19-10(9)18-11(21)12(15,16)17/h1-4,6H,5H2,(H,18,19,21). The summed E-state index contributed by atoms with van der Waals surface area (Å²) in [4.78, 5) is 10.8. The Kier molecular flexibility index (Phi) is 4.17. The molecule has 0 radical (unpaired) electrons. The maximum atomic E-state index is 12.8. The van der Waals surface area contributed by atoms with Crippen molar-refractivity contribution in [2.24, 2.45) is 0 Å². The van der Waals surface area contributed by atoms with Gasteiger partial charge in [0.15, 0.2) is 5.82 Å². The summed E-state index contributed by atoms with van der Waals surface area (Å²) >= 11 is 5.71. The lowest BCUT2D eigenvalue weighted by Gasteiger charge is -2.05. The molecule has 1 amide bonds. The van der Waals surface area contributed by atoms with Crippen molar-refractivity contribution in [3.05, 3.63) is 46.9 Å².